The van der Waals surface area contributed by atoms with Gasteiger partial charge < -0.3 is 4.79 Å². The van der Waals surface area contributed by atoms with Crippen LogP contribution in [0, 0.1) is 0 Å². The molecule has 1 atom stereocenters. The van der Waals surface area contributed by atoms with E-state index in [-0.39, 0.29) is 0 Å². The molecule has 13 heavy (non-hydrogen) atoms. The van der Waals surface area contributed by atoms with Gasteiger partial charge in [-0.05, 0) is 24.0 Å². The summed E-state index contributed by atoms with van der Waals surface area (Å²) in [6, 6.07) is 5.66. The van der Waals surface area contributed by atoms with Crippen LogP contribution in [0.4, 0.5) is 0 Å². The molecule has 0 aliphatic carbocycles. The number of aromatic nitrogens is 1. The molecule has 2 heterocycles. The Morgan fingerprint density at radius 3 is 3.00 bits per heavy atom. The van der Waals surface area contributed by atoms with Gasteiger partial charge in [-0.15, -0.1) is 11.8 Å². The molecular formula is C10H9NOS. The molecule has 0 saturated heterocycles. The molecule has 0 spiro atoms. The Labute approximate surface area is 81.1 Å². The highest BCUT2D eigenvalue weighted by Crippen LogP contribution is 2.42. The molecule has 1 aliphatic rings. The maximum Gasteiger partial charge on any atom is 0.142 e. The highest BCUT2D eigenvalue weighted by atomic mass is 32.2. The number of aldehydes is 1. The molecule has 1 aromatic heterocycles. The van der Waals surface area contributed by atoms with Crippen molar-refractivity contribution in [3.05, 3.63) is 41.6 Å². The monoisotopic (exact) mass is 191 g/mol. The van der Waals surface area contributed by atoms with E-state index in [2.05, 4.69) is 4.98 Å². The van der Waals surface area contributed by atoms with Crippen LogP contribution < -0.4 is 0 Å². The molecule has 0 saturated carbocycles. The van der Waals surface area contributed by atoms with Gasteiger partial charge in [0.2, 0.25) is 0 Å². The lowest BCUT2D eigenvalue weighted by Crippen LogP contribution is -2.21. The summed E-state index contributed by atoms with van der Waals surface area (Å²) in [4.78, 5) is 15.2. The van der Waals surface area contributed by atoms with E-state index < -0.39 is 4.75 Å². The second-order valence-corrected chi connectivity index (χ2v) is 4.15. The van der Waals surface area contributed by atoms with Gasteiger partial charge in [0.05, 0.1) is 5.69 Å². The zero-order chi connectivity index (χ0) is 9.15. The number of rotatable bonds is 2. The first kappa shape index (κ1) is 8.51. The number of hydrogen-bond donors (Lipinski definition) is 0. The van der Waals surface area contributed by atoms with E-state index >= 15 is 0 Å². The van der Waals surface area contributed by atoms with Crippen LogP contribution >= 0.6 is 11.8 Å². The molecule has 1 unspecified atom stereocenters. The number of allylic oxidation sites excluding steroid dienone is 1. The Balaban J connectivity index is 2.38. The van der Waals surface area contributed by atoms with Crippen molar-refractivity contribution in [1.29, 1.82) is 0 Å². The van der Waals surface area contributed by atoms with E-state index in [1.165, 1.54) is 11.8 Å². The molecule has 1 aliphatic heterocycles. The zero-order valence-corrected chi connectivity index (χ0v) is 7.83. The van der Waals surface area contributed by atoms with Crippen molar-refractivity contribution in [1.82, 2.24) is 4.98 Å². The Morgan fingerprint density at radius 2 is 2.46 bits per heavy atom. The van der Waals surface area contributed by atoms with E-state index in [1.807, 2.05) is 29.7 Å². The summed E-state index contributed by atoms with van der Waals surface area (Å²) < 4.78 is -0.457. The lowest BCUT2D eigenvalue weighted by Gasteiger charge is -2.19. The van der Waals surface area contributed by atoms with Gasteiger partial charge in [-0.3, -0.25) is 4.98 Å². The molecule has 2 rings (SSSR count). The number of pyridine rings is 1. The van der Waals surface area contributed by atoms with Crippen LogP contribution in [0.15, 0.2) is 35.9 Å². The maximum atomic E-state index is 11.0. The second kappa shape index (κ2) is 3.34. The molecular weight excluding hydrogens is 182 g/mol. The Bertz CT molecular complexity index is 326. The molecule has 0 bridgehead atoms. The van der Waals surface area contributed by atoms with E-state index in [1.54, 1.807) is 6.20 Å². The summed E-state index contributed by atoms with van der Waals surface area (Å²) in [5, 5.41) is 1.96. The van der Waals surface area contributed by atoms with Crippen LogP contribution in [0.1, 0.15) is 12.1 Å². The fourth-order valence-electron chi connectivity index (χ4n) is 1.36. The van der Waals surface area contributed by atoms with Crippen molar-refractivity contribution in [2.24, 2.45) is 0 Å². The third-order valence-electron chi connectivity index (χ3n) is 2.08. The highest BCUT2D eigenvalue weighted by molar-refractivity contribution is 8.03. The molecule has 2 nitrogen and oxygen atoms in total. The van der Waals surface area contributed by atoms with E-state index in [0.29, 0.717) is 0 Å². The van der Waals surface area contributed by atoms with Crippen molar-refractivity contribution in [2.45, 2.75) is 11.2 Å². The summed E-state index contributed by atoms with van der Waals surface area (Å²) in [6.45, 7) is 0. The third-order valence-corrected chi connectivity index (χ3v) is 3.31. The van der Waals surface area contributed by atoms with Gasteiger partial charge >= 0.3 is 0 Å². The van der Waals surface area contributed by atoms with Crippen molar-refractivity contribution in [2.75, 3.05) is 0 Å². The van der Waals surface area contributed by atoms with E-state index in [9.17, 15) is 4.79 Å². The standard InChI is InChI=1S/C10H9NOS/c12-8-10(5-3-7-13-10)9-4-1-2-6-11-9/h1-4,6-8H,5H2. The molecule has 3 heteroatoms. The number of carbonyl (C=O) groups excluding carboxylic acids is 1. The summed E-state index contributed by atoms with van der Waals surface area (Å²) in [5.74, 6) is 0. The fourth-order valence-corrected chi connectivity index (χ4v) is 2.28. The first-order valence-electron chi connectivity index (χ1n) is 4.08. The number of thioether (sulfide) groups is 1. The molecule has 0 fully saturated rings. The van der Waals surface area contributed by atoms with Crippen LogP contribution in [0.3, 0.4) is 0 Å². The quantitative estimate of drug-likeness (QED) is 0.671. The number of hydrogen-bond acceptors (Lipinski definition) is 3. The van der Waals surface area contributed by atoms with Gasteiger partial charge in [0.25, 0.3) is 0 Å². The smallest absolute Gasteiger partial charge is 0.142 e. The van der Waals surface area contributed by atoms with Gasteiger partial charge in [-0.25, -0.2) is 0 Å². The zero-order valence-electron chi connectivity index (χ0n) is 7.01. The highest BCUT2D eigenvalue weighted by Gasteiger charge is 2.34. The SMILES string of the molecule is O=CC1(c2ccccn2)CC=CS1. The van der Waals surface area contributed by atoms with Gasteiger partial charge in [-0.2, -0.15) is 0 Å². The van der Waals surface area contributed by atoms with Crippen LogP contribution in [-0.2, 0) is 9.54 Å². The van der Waals surface area contributed by atoms with Crippen LogP contribution in [0.25, 0.3) is 0 Å². The summed E-state index contributed by atoms with van der Waals surface area (Å²) in [7, 11) is 0. The Kier molecular flexibility index (Phi) is 2.19. The summed E-state index contributed by atoms with van der Waals surface area (Å²) in [5.41, 5.74) is 0.847. The molecule has 1 aromatic rings. The van der Waals surface area contributed by atoms with Crippen molar-refractivity contribution >= 4 is 18.0 Å². The Hall–Kier alpha value is -1.09. The molecule has 0 radical (unpaired) electrons. The average molecular weight is 191 g/mol. The Morgan fingerprint density at radius 1 is 1.54 bits per heavy atom. The first-order valence-corrected chi connectivity index (χ1v) is 4.96. The van der Waals surface area contributed by atoms with E-state index in [4.69, 9.17) is 0 Å². The van der Waals surface area contributed by atoms with Crippen LogP contribution in [0.2, 0.25) is 0 Å². The largest absolute Gasteiger partial charge is 0.301 e. The molecule has 0 aromatic carbocycles. The van der Waals surface area contributed by atoms with Gasteiger partial charge in [-0.1, -0.05) is 12.1 Å². The van der Waals surface area contributed by atoms with Crippen LogP contribution in [0.5, 0.6) is 0 Å². The number of carbonyl (C=O) groups is 1. The van der Waals surface area contributed by atoms with Gasteiger partial charge in [0.15, 0.2) is 0 Å². The second-order valence-electron chi connectivity index (χ2n) is 2.92. The predicted molar refractivity (Wildman–Crippen MR) is 53.3 cm³/mol. The molecule has 0 amide bonds. The summed E-state index contributed by atoms with van der Waals surface area (Å²) >= 11 is 1.53. The number of nitrogens with zero attached hydrogens (tertiary/aromatic N) is 1. The topological polar surface area (TPSA) is 30.0 Å². The normalized spacial score (nSPS) is 26.2. The minimum absolute atomic E-state index is 0.457. The van der Waals surface area contributed by atoms with Gasteiger partial charge in [0, 0.05) is 6.20 Å². The van der Waals surface area contributed by atoms with Crippen molar-refractivity contribution < 1.29 is 4.79 Å². The predicted octanol–water partition coefficient (Wildman–Crippen LogP) is 2.13. The third kappa shape index (κ3) is 1.40. The lowest BCUT2D eigenvalue weighted by molar-refractivity contribution is -0.110. The minimum Gasteiger partial charge on any atom is -0.301 e. The van der Waals surface area contributed by atoms with Gasteiger partial charge in [0.1, 0.15) is 11.0 Å². The molecule has 0 N–H and O–H groups in total. The molecule has 66 valence electrons. The van der Waals surface area contributed by atoms with Crippen molar-refractivity contribution in [3.63, 3.8) is 0 Å². The van der Waals surface area contributed by atoms with Crippen molar-refractivity contribution in [3.8, 4) is 0 Å². The maximum absolute atomic E-state index is 11.0. The summed E-state index contributed by atoms with van der Waals surface area (Å²) in [6.07, 6.45) is 5.46. The average Bonchev–Trinajstić information content (AvgIpc) is 2.69. The minimum atomic E-state index is -0.457. The van der Waals surface area contributed by atoms with E-state index in [0.717, 1.165) is 18.4 Å². The fraction of sp³-hybridized carbons (Fsp3) is 0.200. The van der Waals surface area contributed by atoms with Crippen LogP contribution in [-0.4, -0.2) is 11.3 Å². The lowest BCUT2D eigenvalue weighted by atomic mass is 10.0. The first-order chi connectivity index (χ1) is 6.37.